The molecule has 1 saturated heterocycles. The zero-order valence-electron chi connectivity index (χ0n) is 13.2. The van der Waals surface area contributed by atoms with Crippen molar-refractivity contribution in [2.75, 3.05) is 20.3 Å². The molecule has 1 aromatic carbocycles. The number of benzene rings is 1. The van der Waals surface area contributed by atoms with Crippen LogP contribution >= 0.6 is 0 Å². The van der Waals surface area contributed by atoms with Crippen molar-refractivity contribution in [3.05, 3.63) is 29.8 Å². The molecule has 0 aliphatic carbocycles. The Kier molecular flexibility index (Phi) is 5.24. The third kappa shape index (κ3) is 4.27. The van der Waals surface area contributed by atoms with Gasteiger partial charge in [-0.1, -0.05) is 17.7 Å². The first-order valence-electron chi connectivity index (χ1n) is 7.04. The predicted octanol–water partition coefficient (Wildman–Crippen LogP) is 1.87. The van der Waals surface area contributed by atoms with E-state index < -0.39 is 22.0 Å². The highest BCUT2D eigenvalue weighted by molar-refractivity contribution is 7.86. The van der Waals surface area contributed by atoms with E-state index in [1.165, 1.54) is 12.1 Å². The SMILES string of the molecule is COC[C@@H]1OC(C)(C)O[C@H]1COS(=O)(=O)c1ccc(C)cc1. The molecule has 0 unspecified atom stereocenters. The van der Waals surface area contributed by atoms with Gasteiger partial charge in [0.2, 0.25) is 0 Å². The Morgan fingerprint density at radius 2 is 1.64 bits per heavy atom. The Bertz CT molecular complexity index is 593. The van der Waals surface area contributed by atoms with E-state index in [-0.39, 0.29) is 17.6 Å². The molecule has 0 amide bonds. The summed E-state index contributed by atoms with van der Waals surface area (Å²) in [5.74, 6) is -0.787. The summed E-state index contributed by atoms with van der Waals surface area (Å²) < 4.78 is 45.9. The molecule has 0 bridgehead atoms. The third-order valence-electron chi connectivity index (χ3n) is 3.31. The van der Waals surface area contributed by atoms with E-state index in [2.05, 4.69) is 0 Å². The molecule has 22 heavy (non-hydrogen) atoms. The fraction of sp³-hybridized carbons (Fsp3) is 0.600. The van der Waals surface area contributed by atoms with E-state index in [0.717, 1.165) is 5.56 Å². The topological polar surface area (TPSA) is 71.1 Å². The van der Waals surface area contributed by atoms with E-state index in [4.69, 9.17) is 18.4 Å². The van der Waals surface area contributed by atoms with Gasteiger partial charge in [-0.15, -0.1) is 0 Å². The number of hydrogen-bond donors (Lipinski definition) is 0. The summed E-state index contributed by atoms with van der Waals surface area (Å²) in [5.41, 5.74) is 0.980. The summed E-state index contributed by atoms with van der Waals surface area (Å²) in [6.07, 6.45) is -0.872. The van der Waals surface area contributed by atoms with Crippen LogP contribution in [-0.4, -0.2) is 46.7 Å². The minimum Gasteiger partial charge on any atom is -0.382 e. The maximum Gasteiger partial charge on any atom is 0.297 e. The van der Waals surface area contributed by atoms with Gasteiger partial charge < -0.3 is 14.2 Å². The normalized spacial score (nSPS) is 24.5. The Labute approximate surface area is 131 Å². The number of hydrogen-bond acceptors (Lipinski definition) is 6. The van der Waals surface area contributed by atoms with Crippen molar-refractivity contribution in [3.63, 3.8) is 0 Å². The largest absolute Gasteiger partial charge is 0.382 e. The lowest BCUT2D eigenvalue weighted by molar-refractivity contribution is -0.151. The average Bonchev–Trinajstić information content (AvgIpc) is 2.72. The molecule has 124 valence electrons. The molecule has 1 aliphatic rings. The second kappa shape index (κ2) is 6.64. The van der Waals surface area contributed by atoms with E-state index in [1.807, 2.05) is 6.92 Å². The van der Waals surface area contributed by atoms with Gasteiger partial charge in [-0.25, -0.2) is 0 Å². The van der Waals surface area contributed by atoms with Crippen LogP contribution in [0.4, 0.5) is 0 Å². The maximum atomic E-state index is 12.2. The molecule has 6 nitrogen and oxygen atoms in total. The van der Waals surface area contributed by atoms with Crippen molar-refractivity contribution in [2.45, 2.75) is 43.7 Å². The Morgan fingerprint density at radius 1 is 1.09 bits per heavy atom. The average molecular weight is 330 g/mol. The van der Waals surface area contributed by atoms with Crippen molar-refractivity contribution in [1.29, 1.82) is 0 Å². The molecule has 0 spiro atoms. The van der Waals surface area contributed by atoms with Crippen LogP contribution in [0.2, 0.25) is 0 Å². The van der Waals surface area contributed by atoms with Crippen LogP contribution < -0.4 is 0 Å². The van der Waals surface area contributed by atoms with Gasteiger partial charge in [0.25, 0.3) is 10.1 Å². The van der Waals surface area contributed by atoms with Gasteiger partial charge in [0.05, 0.1) is 18.1 Å². The molecule has 0 aromatic heterocycles. The van der Waals surface area contributed by atoms with Gasteiger partial charge in [-0.05, 0) is 32.9 Å². The predicted molar refractivity (Wildman–Crippen MR) is 80.0 cm³/mol. The number of rotatable bonds is 6. The van der Waals surface area contributed by atoms with Gasteiger partial charge in [-0.2, -0.15) is 8.42 Å². The minimum atomic E-state index is -3.82. The molecule has 2 atom stereocenters. The van der Waals surface area contributed by atoms with Gasteiger partial charge in [-0.3, -0.25) is 4.18 Å². The van der Waals surface area contributed by atoms with Crippen LogP contribution in [0.3, 0.4) is 0 Å². The molecule has 1 heterocycles. The fourth-order valence-corrected chi connectivity index (χ4v) is 3.20. The molecule has 7 heteroatoms. The first-order chi connectivity index (χ1) is 10.2. The second-order valence-electron chi connectivity index (χ2n) is 5.72. The van der Waals surface area contributed by atoms with Crippen LogP contribution in [-0.2, 0) is 28.5 Å². The number of aryl methyl sites for hydroxylation is 1. The highest BCUT2D eigenvalue weighted by Gasteiger charge is 2.42. The second-order valence-corrected chi connectivity index (χ2v) is 7.33. The number of methoxy groups -OCH3 is 1. The lowest BCUT2D eigenvalue weighted by atomic mass is 10.2. The maximum absolute atomic E-state index is 12.2. The smallest absolute Gasteiger partial charge is 0.297 e. The van der Waals surface area contributed by atoms with Crippen LogP contribution in [0.1, 0.15) is 19.4 Å². The highest BCUT2D eigenvalue weighted by atomic mass is 32.2. The summed E-state index contributed by atoms with van der Waals surface area (Å²) >= 11 is 0. The zero-order chi connectivity index (χ0) is 16.4. The van der Waals surface area contributed by atoms with E-state index in [0.29, 0.717) is 6.61 Å². The van der Waals surface area contributed by atoms with Crippen LogP contribution in [0, 0.1) is 6.92 Å². The monoisotopic (exact) mass is 330 g/mol. The lowest BCUT2D eigenvalue weighted by Crippen LogP contribution is -2.32. The summed E-state index contributed by atoms with van der Waals surface area (Å²) in [4.78, 5) is 0.125. The van der Waals surface area contributed by atoms with Crippen LogP contribution in [0.25, 0.3) is 0 Å². The molecule has 1 aromatic rings. The fourth-order valence-electron chi connectivity index (χ4n) is 2.29. The first-order valence-corrected chi connectivity index (χ1v) is 8.45. The van der Waals surface area contributed by atoms with Gasteiger partial charge >= 0.3 is 0 Å². The molecule has 0 saturated carbocycles. The molecular formula is C15H22O6S. The molecule has 1 fully saturated rings. The number of ether oxygens (including phenoxy) is 3. The summed E-state index contributed by atoms with van der Waals surface area (Å²) in [6.45, 7) is 5.61. The van der Waals surface area contributed by atoms with Crippen molar-refractivity contribution in [2.24, 2.45) is 0 Å². The summed E-state index contributed by atoms with van der Waals surface area (Å²) in [6, 6.07) is 6.49. The summed E-state index contributed by atoms with van der Waals surface area (Å²) in [7, 11) is -2.27. The standard InChI is InChI=1S/C15H22O6S/c1-11-5-7-12(8-6-11)22(16,17)19-10-14-13(9-18-4)20-15(2,3)21-14/h5-8,13-14H,9-10H2,1-4H3/t13-,14-/m0/s1. The van der Waals surface area contributed by atoms with Gasteiger partial charge in [0.15, 0.2) is 5.79 Å². The molecule has 1 aliphatic heterocycles. The zero-order valence-corrected chi connectivity index (χ0v) is 14.1. The first kappa shape index (κ1) is 17.4. The lowest BCUT2D eigenvalue weighted by Gasteiger charge is -2.16. The Morgan fingerprint density at radius 3 is 2.18 bits per heavy atom. The van der Waals surface area contributed by atoms with E-state index in [1.54, 1.807) is 33.1 Å². The van der Waals surface area contributed by atoms with Crippen LogP contribution in [0.5, 0.6) is 0 Å². The molecular weight excluding hydrogens is 308 g/mol. The minimum absolute atomic E-state index is 0.117. The van der Waals surface area contributed by atoms with Crippen molar-refractivity contribution >= 4 is 10.1 Å². The van der Waals surface area contributed by atoms with Gasteiger partial charge in [0, 0.05) is 7.11 Å². The molecule has 0 N–H and O–H groups in total. The Balaban J connectivity index is 2.03. The highest BCUT2D eigenvalue weighted by Crippen LogP contribution is 2.29. The quantitative estimate of drug-likeness (QED) is 0.742. The summed E-state index contributed by atoms with van der Waals surface area (Å²) in [5, 5.41) is 0. The van der Waals surface area contributed by atoms with Crippen molar-refractivity contribution < 1.29 is 26.8 Å². The van der Waals surface area contributed by atoms with Gasteiger partial charge in [0.1, 0.15) is 12.2 Å². The van der Waals surface area contributed by atoms with Crippen LogP contribution in [0.15, 0.2) is 29.2 Å². The van der Waals surface area contributed by atoms with Crippen molar-refractivity contribution in [1.82, 2.24) is 0 Å². The van der Waals surface area contributed by atoms with E-state index >= 15 is 0 Å². The molecule has 2 rings (SSSR count). The third-order valence-corrected chi connectivity index (χ3v) is 4.61. The van der Waals surface area contributed by atoms with Crippen molar-refractivity contribution in [3.8, 4) is 0 Å². The molecule has 0 radical (unpaired) electrons. The Hall–Kier alpha value is -0.990. The van der Waals surface area contributed by atoms with E-state index in [9.17, 15) is 8.42 Å².